The maximum absolute atomic E-state index is 12.5. The first-order valence-electron chi connectivity index (χ1n) is 4.88. The fourth-order valence-electron chi connectivity index (χ4n) is 2.35. The summed E-state index contributed by atoms with van der Waals surface area (Å²) in [4.78, 5) is 11.3. The summed E-state index contributed by atoms with van der Waals surface area (Å²) in [7, 11) is -1.23. The van der Waals surface area contributed by atoms with E-state index in [1.54, 1.807) is 0 Å². The monoisotopic (exact) mass is 240 g/mol. The number of hydrogen-bond acceptors (Lipinski definition) is 2. The van der Waals surface area contributed by atoms with Crippen LogP contribution in [0.25, 0.3) is 0 Å². The Hall–Kier alpha value is -0.390. The Labute approximate surface area is 87.7 Å². The zero-order valence-corrected chi connectivity index (χ0v) is 8.74. The van der Waals surface area contributed by atoms with Crippen LogP contribution in [0.4, 0.5) is 13.2 Å². The van der Waals surface area contributed by atoms with E-state index in [0.717, 1.165) is 0 Å². The van der Waals surface area contributed by atoms with Gasteiger partial charge in [0, 0.05) is 27.7 Å². The SMILES string of the molecule is O=C1CC2CCC(CC1C(F)(F)F)S2=O. The Morgan fingerprint density at radius 2 is 1.80 bits per heavy atom. The molecule has 4 unspecified atom stereocenters. The highest BCUT2D eigenvalue weighted by Gasteiger charge is 2.51. The van der Waals surface area contributed by atoms with Gasteiger partial charge >= 0.3 is 6.18 Å². The summed E-state index contributed by atoms with van der Waals surface area (Å²) in [5, 5.41) is -0.747. The van der Waals surface area contributed by atoms with Crippen molar-refractivity contribution in [2.75, 3.05) is 0 Å². The van der Waals surface area contributed by atoms with Gasteiger partial charge in [0.2, 0.25) is 0 Å². The van der Waals surface area contributed by atoms with E-state index in [1.807, 2.05) is 0 Å². The molecule has 2 nitrogen and oxygen atoms in total. The summed E-state index contributed by atoms with van der Waals surface area (Å²) < 4.78 is 49.1. The molecule has 2 heterocycles. The third-order valence-corrected chi connectivity index (χ3v) is 5.32. The first-order valence-corrected chi connectivity index (χ1v) is 6.16. The van der Waals surface area contributed by atoms with Gasteiger partial charge in [0.25, 0.3) is 0 Å². The van der Waals surface area contributed by atoms with Gasteiger partial charge in [-0.3, -0.25) is 9.00 Å². The number of Topliss-reactive ketones (excluding diaryl/α,β-unsaturated/α-hetero) is 1. The van der Waals surface area contributed by atoms with Crippen molar-refractivity contribution in [3.05, 3.63) is 0 Å². The summed E-state index contributed by atoms with van der Waals surface area (Å²) in [5.74, 6) is -2.65. The van der Waals surface area contributed by atoms with Crippen molar-refractivity contribution >= 4 is 16.6 Å². The standard InChI is InChI=1S/C9H11F3O2S/c10-9(11,12)7-3-5-1-2-6(15(5)14)4-8(7)13/h5-7H,1-4H2. The highest BCUT2D eigenvalue weighted by atomic mass is 32.2. The van der Waals surface area contributed by atoms with Crippen molar-refractivity contribution in [1.29, 1.82) is 0 Å². The van der Waals surface area contributed by atoms with Crippen LogP contribution in [0.5, 0.6) is 0 Å². The van der Waals surface area contributed by atoms with Crippen LogP contribution in [0, 0.1) is 5.92 Å². The molecule has 0 amide bonds. The summed E-state index contributed by atoms with van der Waals surface area (Å²) in [5.41, 5.74) is 0. The Kier molecular flexibility index (Phi) is 2.65. The lowest BCUT2D eigenvalue weighted by Crippen LogP contribution is -2.33. The summed E-state index contributed by atoms with van der Waals surface area (Å²) in [6.45, 7) is 0. The van der Waals surface area contributed by atoms with Gasteiger partial charge in [0.05, 0.1) is 0 Å². The summed E-state index contributed by atoms with van der Waals surface area (Å²) in [6, 6.07) is 0. The Morgan fingerprint density at radius 3 is 2.40 bits per heavy atom. The minimum Gasteiger partial charge on any atom is -0.299 e. The molecule has 0 N–H and O–H groups in total. The molecule has 2 aliphatic heterocycles. The van der Waals surface area contributed by atoms with Crippen LogP contribution in [0.3, 0.4) is 0 Å². The number of halogens is 3. The molecule has 0 aromatic rings. The zero-order valence-electron chi connectivity index (χ0n) is 7.92. The van der Waals surface area contributed by atoms with E-state index in [2.05, 4.69) is 0 Å². The predicted molar refractivity (Wildman–Crippen MR) is 48.7 cm³/mol. The number of alkyl halides is 3. The van der Waals surface area contributed by atoms with E-state index in [-0.39, 0.29) is 18.1 Å². The molecular weight excluding hydrogens is 229 g/mol. The molecule has 2 fully saturated rings. The average molecular weight is 240 g/mol. The number of hydrogen-bond donors (Lipinski definition) is 0. The fourth-order valence-corrected chi connectivity index (χ4v) is 4.34. The summed E-state index contributed by atoms with van der Waals surface area (Å²) >= 11 is 0. The van der Waals surface area contributed by atoms with E-state index in [4.69, 9.17) is 0 Å². The molecule has 2 rings (SSSR count). The Balaban J connectivity index is 2.24. The van der Waals surface area contributed by atoms with Crippen LogP contribution in [0.1, 0.15) is 25.7 Å². The number of fused-ring (bicyclic) bond motifs is 2. The summed E-state index contributed by atoms with van der Waals surface area (Å²) in [6.07, 6.45) is -3.70. The van der Waals surface area contributed by atoms with Crippen molar-refractivity contribution in [1.82, 2.24) is 0 Å². The van der Waals surface area contributed by atoms with E-state index in [1.165, 1.54) is 0 Å². The molecule has 2 bridgehead atoms. The molecule has 0 spiro atoms. The van der Waals surface area contributed by atoms with Crippen molar-refractivity contribution in [3.8, 4) is 0 Å². The lowest BCUT2D eigenvalue weighted by molar-refractivity contribution is -0.182. The Morgan fingerprint density at radius 1 is 1.20 bits per heavy atom. The quantitative estimate of drug-likeness (QED) is 0.647. The molecule has 0 saturated carbocycles. The van der Waals surface area contributed by atoms with Gasteiger partial charge in [0.1, 0.15) is 11.7 Å². The number of carbonyl (C=O) groups excluding carboxylic acids is 1. The smallest absolute Gasteiger partial charge is 0.299 e. The van der Waals surface area contributed by atoms with E-state index >= 15 is 0 Å². The lowest BCUT2D eigenvalue weighted by atomic mass is 9.90. The van der Waals surface area contributed by atoms with Crippen LogP contribution >= 0.6 is 0 Å². The van der Waals surface area contributed by atoms with E-state index < -0.39 is 33.9 Å². The molecule has 0 aromatic carbocycles. The van der Waals surface area contributed by atoms with Crippen LogP contribution in [0.2, 0.25) is 0 Å². The number of rotatable bonds is 0. The second-order valence-corrected chi connectivity index (χ2v) is 6.14. The van der Waals surface area contributed by atoms with Crippen LogP contribution in [0.15, 0.2) is 0 Å². The minimum absolute atomic E-state index is 0.159. The second kappa shape index (κ2) is 3.57. The topological polar surface area (TPSA) is 34.1 Å². The van der Waals surface area contributed by atoms with Crippen molar-refractivity contribution in [2.45, 2.75) is 42.4 Å². The van der Waals surface area contributed by atoms with Crippen LogP contribution in [-0.4, -0.2) is 26.7 Å². The normalized spacial score (nSPS) is 41.7. The molecule has 0 radical (unpaired) electrons. The zero-order chi connectivity index (χ0) is 11.2. The van der Waals surface area contributed by atoms with Crippen molar-refractivity contribution < 1.29 is 22.2 Å². The molecule has 15 heavy (non-hydrogen) atoms. The minimum atomic E-state index is -4.47. The first-order chi connectivity index (χ1) is 6.89. The van der Waals surface area contributed by atoms with Crippen molar-refractivity contribution in [2.24, 2.45) is 5.92 Å². The fraction of sp³-hybridized carbons (Fsp3) is 0.889. The number of carbonyl (C=O) groups is 1. The average Bonchev–Trinajstić information content (AvgIpc) is 2.33. The van der Waals surface area contributed by atoms with Crippen LogP contribution < -0.4 is 0 Å². The largest absolute Gasteiger partial charge is 0.398 e. The first kappa shape index (κ1) is 11.1. The number of ketones is 1. The molecule has 2 saturated heterocycles. The van der Waals surface area contributed by atoms with Gasteiger partial charge in [-0.25, -0.2) is 0 Å². The third-order valence-electron chi connectivity index (χ3n) is 3.18. The predicted octanol–water partition coefficient (Wildman–Crippen LogP) is 1.81. The van der Waals surface area contributed by atoms with Gasteiger partial charge in [-0.2, -0.15) is 13.2 Å². The van der Waals surface area contributed by atoms with Crippen LogP contribution in [-0.2, 0) is 15.6 Å². The third kappa shape index (κ3) is 1.96. The molecule has 0 aromatic heterocycles. The molecule has 86 valence electrons. The van der Waals surface area contributed by atoms with Gasteiger partial charge in [-0.1, -0.05) is 0 Å². The maximum atomic E-state index is 12.5. The van der Waals surface area contributed by atoms with Crippen molar-refractivity contribution in [3.63, 3.8) is 0 Å². The maximum Gasteiger partial charge on any atom is 0.398 e. The van der Waals surface area contributed by atoms with E-state index in [9.17, 15) is 22.2 Å². The highest BCUT2D eigenvalue weighted by Crippen LogP contribution is 2.41. The molecule has 2 aliphatic rings. The van der Waals surface area contributed by atoms with E-state index in [0.29, 0.717) is 12.8 Å². The van der Waals surface area contributed by atoms with Gasteiger partial charge in [-0.05, 0) is 19.3 Å². The highest BCUT2D eigenvalue weighted by molar-refractivity contribution is 7.86. The van der Waals surface area contributed by atoms with Gasteiger partial charge in [0.15, 0.2) is 0 Å². The molecule has 6 heteroatoms. The molecule has 4 atom stereocenters. The van der Waals surface area contributed by atoms with Gasteiger partial charge in [-0.15, -0.1) is 0 Å². The van der Waals surface area contributed by atoms with Gasteiger partial charge < -0.3 is 0 Å². The lowest BCUT2D eigenvalue weighted by Gasteiger charge is -2.20. The molecule has 0 aliphatic carbocycles. The second-order valence-electron chi connectivity index (χ2n) is 4.15. The Bertz CT molecular complexity index is 313. The molecular formula is C9H11F3O2S.